The number of rotatable bonds is 3. The number of aromatic nitrogens is 3. The Balaban J connectivity index is 2.34. The third-order valence-corrected chi connectivity index (χ3v) is 3.84. The summed E-state index contributed by atoms with van der Waals surface area (Å²) in [6, 6.07) is 3.95. The van der Waals surface area contributed by atoms with Crippen LogP contribution in [0.25, 0.3) is 0 Å². The van der Waals surface area contributed by atoms with Gasteiger partial charge >= 0.3 is 0 Å². The van der Waals surface area contributed by atoms with E-state index in [-0.39, 0.29) is 0 Å². The molecule has 2 aromatic heterocycles. The predicted molar refractivity (Wildman–Crippen MR) is 73.5 cm³/mol. The summed E-state index contributed by atoms with van der Waals surface area (Å²) < 4.78 is 1.50. The molecule has 0 atom stereocenters. The predicted octanol–water partition coefficient (Wildman–Crippen LogP) is 3.45. The van der Waals surface area contributed by atoms with Crippen molar-refractivity contribution in [3.05, 3.63) is 50.7 Å². The standard InChI is InChI=1S/C12H12BrN3S/c1-2-9-11(13)12(17)16-10(15-9)6-8-4-3-5-14-7-8/h3-5,7H,2,6H2,1H3,(H,15,16,17). The van der Waals surface area contributed by atoms with Crippen LogP contribution in [0, 0.1) is 4.64 Å². The molecule has 5 heteroatoms. The minimum atomic E-state index is 0.611. The number of pyridine rings is 1. The second-order valence-corrected chi connectivity index (χ2v) is 4.85. The van der Waals surface area contributed by atoms with Gasteiger partial charge in [0, 0.05) is 24.5 Å². The van der Waals surface area contributed by atoms with Crippen molar-refractivity contribution in [2.45, 2.75) is 19.8 Å². The van der Waals surface area contributed by atoms with E-state index in [1.807, 2.05) is 18.3 Å². The Bertz CT molecular complexity index is 566. The van der Waals surface area contributed by atoms with Gasteiger partial charge in [-0.15, -0.1) is 0 Å². The number of nitrogens with one attached hydrogen (secondary N) is 1. The van der Waals surface area contributed by atoms with Gasteiger partial charge in [-0.3, -0.25) is 4.98 Å². The Morgan fingerprint density at radius 3 is 2.94 bits per heavy atom. The van der Waals surface area contributed by atoms with Gasteiger partial charge in [0.25, 0.3) is 0 Å². The van der Waals surface area contributed by atoms with Crippen LogP contribution in [0.3, 0.4) is 0 Å². The summed E-state index contributed by atoms with van der Waals surface area (Å²) in [5.74, 6) is 0.878. The molecule has 0 aliphatic rings. The molecule has 2 heterocycles. The first kappa shape index (κ1) is 12.4. The molecule has 0 amide bonds. The maximum atomic E-state index is 5.22. The van der Waals surface area contributed by atoms with E-state index in [0.717, 1.165) is 34.4 Å². The average Bonchev–Trinajstić information content (AvgIpc) is 2.35. The molecule has 3 nitrogen and oxygen atoms in total. The van der Waals surface area contributed by atoms with Crippen LogP contribution in [0.4, 0.5) is 0 Å². The van der Waals surface area contributed by atoms with Crippen LogP contribution in [0.5, 0.6) is 0 Å². The van der Waals surface area contributed by atoms with E-state index >= 15 is 0 Å². The Morgan fingerprint density at radius 1 is 1.47 bits per heavy atom. The Kier molecular flexibility index (Phi) is 4.02. The number of H-pyrrole nitrogens is 1. The van der Waals surface area contributed by atoms with E-state index in [2.05, 4.69) is 37.8 Å². The fourth-order valence-corrected chi connectivity index (χ4v) is 2.28. The third-order valence-electron chi connectivity index (χ3n) is 2.43. The molecule has 0 unspecified atom stereocenters. The zero-order valence-corrected chi connectivity index (χ0v) is 11.8. The summed E-state index contributed by atoms with van der Waals surface area (Å²) in [5.41, 5.74) is 2.21. The van der Waals surface area contributed by atoms with Crippen molar-refractivity contribution < 1.29 is 0 Å². The summed E-state index contributed by atoms with van der Waals surface area (Å²) in [6.07, 6.45) is 5.22. The van der Waals surface area contributed by atoms with Crippen LogP contribution < -0.4 is 0 Å². The molecule has 0 saturated carbocycles. The van der Waals surface area contributed by atoms with Crippen molar-refractivity contribution in [3.8, 4) is 0 Å². The molecular formula is C12H12BrN3S. The lowest BCUT2D eigenvalue weighted by atomic mass is 10.2. The molecular weight excluding hydrogens is 298 g/mol. The molecule has 2 aromatic rings. The molecule has 0 aliphatic carbocycles. The van der Waals surface area contributed by atoms with Gasteiger partial charge in [-0.05, 0) is 34.0 Å². The molecule has 0 aliphatic heterocycles. The van der Waals surface area contributed by atoms with Crippen molar-refractivity contribution in [1.29, 1.82) is 0 Å². The van der Waals surface area contributed by atoms with E-state index in [9.17, 15) is 0 Å². The molecule has 0 fully saturated rings. The van der Waals surface area contributed by atoms with Crippen LogP contribution in [-0.2, 0) is 12.8 Å². The number of hydrogen-bond donors (Lipinski definition) is 1. The number of nitrogens with zero attached hydrogens (tertiary/aromatic N) is 2. The van der Waals surface area contributed by atoms with Crippen LogP contribution >= 0.6 is 28.1 Å². The average molecular weight is 310 g/mol. The summed E-state index contributed by atoms with van der Waals surface area (Å²) in [5, 5.41) is 0. The molecule has 17 heavy (non-hydrogen) atoms. The van der Waals surface area contributed by atoms with E-state index < -0.39 is 0 Å². The number of aryl methyl sites for hydroxylation is 1. The van der Waals surface area contributed by atoms with Crippen LogP contribution in [-0.4, -0.2) is 15.0 Å². The van der Waals surface area contributed by atoms with Gasteiger partial charge < -0.3 is 4.98 Å². The van der Waals surface area contributed by atoms with E-state index in [4.69, 9.17) is 12.2 Å². The highest BCUT2D eigenvalue weighted by Crippen LogP contribution is 2.17. The smallest absolute Gasteiger partial charge is 0.144 e. The largest absolute Gasteiger partial charge is 0.346 e. The van der Waals surface area contributed by atoms with Crippen molar-refractivity contribution in [2.24, 2.45) is 0 Å². The number of halogens is 1. The summed E-state index contributed by atoms with van der Waals surface area (Å²) in [7, 11) is 0. The van der Waals surface area contributed by atoms with E-state index in [1.165, 1.54) is 0 Å². The first-order chi connectivity index (χ1) is 8.20. The fraction of sp³-hybridized carbons (Fsp3) is 0.250. The molecule has 0 saturated heterocycles. The molecule has 0 spiro atoms. The first-order valence-electron chi connectivity index (χ1n) is 5.37. The molecule has 2 rings (SSSR count). The second-order valence-electron chi connectivity index (χ2n) is 3.67. The minimum absolute atomic E-state index is 0.611. The van der Waals surface area contributed by atoms with Gasteiger partial charge in [0.15, 0.2) is 0 Å². The fourth-order valence-electron chi connectivity index (χ4n) is 1.58. The molecule has 0 radical (unpaired) electrons. The second kappa shape index (κ2) is 5.51. The third kappa shape index (κ3) is 2.98. The SMILES string of the molecule is CCc1[nH]c(Cc2cccnc2)nc(=S)c1Br. The molecule has 88 valence electrons. The van der Waals surface area contributed by atoms with Gasteiger partial charge in [0.2, 0.25) is 0 Å². The van der Waals surface area contributed by atoms with Gasteiger partial charge in [0.1, 0.15) is 10.5 Å². The maximum absolute atomic E-state index is 5.22. The topological polar surface area (TPSA) is 41.6 Å². The minimum Gasteiger partial charge on any atom is -0.346 e. The monoisotopic (exact) mass is 309 g/mol. The van der Waals surface area contributed by atoms with Crippen molar-refractivity contribution >= 4 is 28.1 Å². The Hall–Kier alpha value is -1.07. The lowest BCUT2D eigenvalue weighted by molar-refractivity contribution is 0.886. The van der Waals surface area contributed by atoms with Gasteiger partial charge in [0.05, 0.1) is 4.47 Å². The van der Waals surface area contributed by atoms with Crippen LogP contribution in [0.1, 0.15) is 24.0 Å². The Labute approximate surface area is 113 Å². The summed E-state index contributed by atoms with van der Waals surface area (Å²) in [6.45, 7) is 2.08. The number of aromatic amines is 1. The van der Waals surface area contributed by atoms with E-state index in [0.29, 0.717) is 4.64 Å². The highest BCUT2D eigenvalue weighted by molar-refractivity contribution is 9.10. The van der Waals surface area contributed by atoms with E-state index in [1.54, 1.807) is 6.20 Å². The van der Waals surface area contributed by atoms with Gasteiger partial charge in [-0.2, -0.15) is 0 Å². The van der Waals surface area contributed by atoms with Crippen LogP contribution in [0.15, 0.2) is 29.0 Å². The van der Waals surface area contributed by atoms with Crippen molar-refractivity contribution in [2.75, 3.05) is 0 Å². The Morgan fingerprint density at radius 2 is 2.29 bits per heavy atom. The van der Waals surface area contributed by atoms with Crippen LogP contribution in [0.2, 0.25) is 0 Å². The summed E-state index contributed by atoms with van der Waals surface area (Å²) in [4.78, 5) is 11.7. The lowest BCUT2D eigenvalue weighted by Gasteiger charge is -2.06. The van der Waals surface area contributed by atoms with Gasteiger partial charge in [-0.25, -0.2) is 4.98 Å². The molecule has 0 aromatic carbocycles. The lowest BCUT2D eigenvalue weighted by Crippen LogP contribution is -2.02. The highest BCUT2D eigenvalue weighted by Gasteiger charge is 2.05. The normalized spacial score (nSPS) is 10.5. The zero-order valence-electron chi connectivity index (χ0n) is 9.40. The number of hydrogen-bond acceptors (Lipinski definition) is 3. The van der Waals surface area contributed by atoms with Crippen molar-refractivity contribution in [3.63, 3.8) is 0 Å². The summed E-state index contributed by atoms with van der Waals surface area (Å²) >= 11 is 8.67. The molecule has 0 bridgehead atoms. The first-order valence-corrected chi connectivity index (χ1v) is 6.57. The van der Waals surface area contributed by atoms with Gasteiger partial charge in [-0.1, -0.05) is 25.2 Å². The zero-order chi connectivity index (χ0) is 12.3. The van der Waals surface area contributed by atoms with Crippen molar-refractivity contribution in [1.82, 2.24) is 15.0 Å². The molecule has 1 N–H and O–H groups in total. The highest BCUT2D eigenvalue weighted by atomic mass is 79.9. The maximum Gasteiger partial charge on any atom is 0.144 e. The quantitative estimate of drug-likeness (QED) is 0.883.